The Balaban J connectivity index is 1.65. The van der Waals surface area contributed by atoms with Crippen LogP contribution >= 0.6 is 0 Å². The summed E-state index contributed by atoms with van der Waals surface area (Å²) in [7, 11) is 1.26. The number of esters is 3. The van der Waals surface area contributed by atoms with Gasteiger partial charge in [0.1, 0.15) is 12.2 Å². The number of ether oxygens (including phenoxy) is 3. The summed E-state index contributed by atoms with van der Waals surface area (Å²) in [6.07, 6.45) is -2.23. The molecule has 0 aromatic carbocycles. The Labute approximate surface area is 258 Å². The number of hydrogen-bond donors (Lipinski definition) is 4. The van der Waals surface area contributed by atoms with Crippen molar-refractivity contribution in [1.82, 2.24) is 0 Å². The quantitative estimate of drug-likeness (QED) is 0.268. The van der Waals surface area contributed by atoms with Crippen molar-refractivity contribution in [2.75, 3.05) is 7.11 Å². The number of hydrogen-bond acceptors (Lipinski definition) is 10. The van der Waals surface area contributed by atoms with Crippen molar-refractivity contribution >= 4 is 23.9 Å². The van der Waals surface area contributed by atoms with E-state index in [1.807, 2.05) is 20.8 Å². The number of methoxy groups -OCH3 is 1. The van der Waals surface area contributed by atoms with Gasteiger partial charge >= 0.3 is 23.9 Å². The molecular weight excluding hydrogens is 572 g/mol. The van der Waals surface area contributed by atoms with Crippen LogP contribution in [0.2, 0.25) is 0 Å². The highest BCUT2D eigenvalue weighted by atomic mass is 16.6. The zero-order valence-electron chi connectivity index (χ0n) is 27.0. The standard InChI is InChI=1S/C33H48O11/c1-15-9-10-31-12-11-28(5)29(6)19(35)13-18(27(3,4)25(39)42-8)32(14-17(32)23(37)38)21(29)20(43-16(2)34)22(36)33(28,44-26(31)40)24(31)30(15,7)41/h15,17-22,24,35-36,41H,9-14H2,1-8H3,(H,37,38). The van der Waals surface area contributed by atoms with Crippen LogP contribution in [-0.2, 0) is 33.4 Å². The number of carbonyl (C=O) groups excluding carboxylic acids is 3. The van der Waals surface area contributed by atoms with Crippen LogP contribution in [0.5, 0.6) is 0 Å². The smallest absolute Gasteiger partial charge is 0.313 e. The number of aliphatic carboxylic acids is 1. The Kier molecular flexibility index (Phi) is 6.47. The first-order valence-corrected chi connectivity index (χ1v) is 16.0. The lowest BCUT2D eigenvalue weighted by atomic mass is 9.30. The second-order valence-electron chi connectivity index (χ2n) is 16.3. The second kappa shape index (κ2) is 8.97. The molecule has 0 amide bonds. The third-order valence-electron chi connectivity index (χ3n) is 14.7. The largest absolute Gasteiger partial charge is 0.481 e. The van der Waals surface area contributed by atoms with Crippen LogP contribution in [0.3, 0.4) is 0 Å². The van der Waals surface area contributed by atoms with E-state index in [4.69, 9.17) is 14.2 Å². The molecule has 0 aromatic heterocycles. The van der Waals surface area contributed by atoms with Crippen molar-refractivity contribution in [1.29, 1.82) is 0 Å². The van der Waals surface area contributed by atoms with Gasteiger partial charge in [-0.25, -0.2) is 0 Å². The highest BCUT2D eigenvalue weighted by molar-refractivity contribution is 5.83. The number of aliphatic hydroxyl groups is 3. The van der Waals surface area contributed by atoms with E-state index in [2.05, 4.69) is 0 Å². The molecule has 14 atom stereocenters. The fraction of sp³-hybridized carbons (Fsp3) is 0.879. The van der Waals surface area contributed by atoms with Gasteiger partial charge in [0.25, 0.3) is 0 Å². The van der Waals surface area contributed by atoms with E-state index < -0.39 is 104 Å². The second-order valence-corrected chi connectivity index (χ2v) is 16.3. The van der Waals surface area contributed by atoms with Gasteiger partial charge in [-0.1, -0.05) is 20.8 Å². The number of rotatable bonds is 4. The molecule has 0 aromatic rings. The van der Waals surface area contributed by atoms with Gasteiger partial charge in [-0.05, 0) is 76.5 Å². The Hall–Kier alpha value is -2.24. The lowest BCUT2D eigenvalue weighted by Gasteiger charge is -2.74. The molecule has 6 fully saturated rings. The Bertz CT molecular complexity index is 1320. The molecule has 4 N–H and O–H groups in total. The SMILES string of the molecule is COC(=O)C(C)(C)C1CC(O)C2(C)C(C(OC(C)=O)C(O)C34OC(=O)C5(CCC(C)C(C)(O)C53)CCC24C)C12CC2C(=O)O. The monoisotopic (exact) mass is 620 g/mol. The predicted molar refractivity (Wildman–Crippen MR) is 152 cm³/mol. The van der Waals surface area contributed by atoms with Crippen molar-refractivity contribution in [3.8, 4) is 0 Å². The molecule has 2 bridgehead atoms. The van der Waals surface area contributed by atoms with Gasteiger partial charge < -0.3 is 34.6 Å². The molecule has 0 radical (unpaired) electrons. The van der Waals surface area contributed by atoms with Gasteiger partial charge in [0.2, 0.25) is 0 Å². The minimum absolute atomic E-state index is 0.0456. The van der Waals surface area contributed by atoms with Crippen molar-refractivity contribution in [3.05, 3.63) is 0 Å². The molecule has 246 valence electrons. The minimum Gasteiger partial charge on any atom is -0.481 e. The normalized spacial score (nSPS) is 53.9. The lowest BCUT2D eigenvalue weighted by Crippen LogP contribution is -2.83. The lowest BCUT2D eigenvalue weighted by molar-refractivity contribution is -0.364. The van der Waals surface area contributed by atoms with Gasteiger partial charge in [0.05, 0.1) is 35.6 Å². The summed E-state index contributed by atoms with van der Waals surface area (Å²) in [4.78, 5) is 52.9. The van der Waals surface area contributed by atoms with E-state index in [-0.39, 0.29) is 18.8 Å². The first-order chi connectivity index (χ1) is 20.2. The number of carbonyl (C=O) groups is 4. The molecule has 1 heterocycles. The van der Waals surface area contributed by atoms with E-state index in [9.17, 15) is 39.6 Å². The highest BCUT2D eigenvalue weighted by Gasteiger charge is 2.91. The topological polar surface area (TPSA) is 177 Å². The van der Waals surface area contributed by atoms with Gasteiger partial charge in [0, 0.05) is 29.6 Å². The molecule has 1 aliphatic heterocycles. The Morgan fingerprint density at radius 1 is 1.07 bits per heavy atom. The van der Waals surface area contributed by atoms with Crippen molar-refractivity contribution < 1.29 is 53.8 Å². The zero-order valence-corrected chi connectivity index (χ0v) is 27.0. The maximum Gasteiger partial charge on any atom is 0.313 e. The Morgan fingerprint density at radius 3 is 2.25 bits per heavy atom. The molecule has 6 aliphatic rings. The number of carboxylic acid groups (broad SMARTS) is 1. The van der Waals surface area contributed by atoms with Crippen molar-refractivity contribution in [3.63, 3.8) is 0 Å². The average Bonchev–Trinajstić information content (AvgIpc) is 3.62. The molecule has 14 unspecified atom stereocenters. The van der Waals surface area contributed by atoms with Crippen LogP contribution in [0, 0.1) is 56.7 Å². The minimum atomic E-state index is -1.74. The van der Waals surface area contributed by atoms with Crippen molar-refractivity contribution in [2.24, 2.45) is 56.7 Å². The Morgan fingerprint density at radius 2 is 1.70 bits per heavy atom. The molecule has 5 aliphatic carbocycles. The van der Waals surface area contributed by atoms with E-state index in [0.29, 0.717) is 25.7 Å². The van der Waals surface area contributed by atoms with E-state index in [1.165, 1.54) is 14.0 Å². The van der Waals surface area contributed by atoms with E-state index in [1.54, 1.807) is 20.8 Å². The summed E-state index contributed by atoms with van der Waals surface area (Å²) in [5, 5.41) is 47.8. The summed E-state index contributed by atoms with van der Waals surface area (Å²) in [5.74, 6) is -6.54. The van der Waals surface area contributed by atoms with E-state index >= 15 is 0 Å². The molecule has 11 nitrogen and oxygen atoms in total. The molecule has 2 spiro atoms. The summed E-state index contributed by atoms with van der Waals surface area (Å²) < 4.78 is 17.6. The maximum absolute atomic E-state index is 14.0. The van der Waals surface area contributed by atoms with Gasteiger partial charge in [-0.3, -0.25) is 19.2 Å². The number of fused-ring (bicyclic) bond motifs is 3. The number of aliphatic hydroxyl groups excluding tert-OH is 2. The van der Waals surface area contributed by atoms with Crippen molar-refractivity contribution in [2.45, 2.75) is 117 Å². The van der Waals surface area contributed by atoms with E-state index in [0.717, 1.165) is 0 Å². The van der Waals surface area contributed by atoms with Gasteiger partial charge in [0.15, 0.2) is 5.60 Å². The number of carboxylic acids is 1. The molecule has 11 heteroatoms. The third kappa shape index (κ3) is 3.19. The molecule has 5 saturated carbocycles. The predicted octanol–water partition coefficient (Wildman–Crippen LogP) is 2.47. The zero-order chi connectivity index (χ0) is 32.8. The van der Waals surface area contributed by atoms with Crippen LogP contribution in [0.1, 0.15) is 87.0 Å². The fourth-order valence-electron chi connectivity index (χ4n) is 12.3. The van der Waals surface area contributed by atoms with Crippen LogP contribution in [0.15, 0.2) is 0 Å². The maximum atomic E-state index is 14.0. The first kappa shape index (κ1) is 31.7. The van der Waals surface area contributed by atoms with Crippen LogP contribution in [0.4, 0.5) is 0 Å². The molecular formula is C33H48O11. The third-order valence-corrected chi connectivity index (χ3v) is 14.7. The summed E-state index contributed by atoms with van der Waals surface area (Å²) in [5.41, 5.74) is -9.10. The summed E-state index contributed by atoms with van der Waals surface area (Å²) >= 11 is 0. The average molecular weight is 621 g/mol. The summed E-state index contributed by atoms with van der Waals surface area (Å²) in [6, 6.07) is 0. The van der Waals surface area contributed by atoms with Crippen LogP contribution in [0.25, 0.3) is 0 Å². The summed E-state index contributed by atoms with van der Waals surface area (Å²) in [6.45, 7) is 11.9. The van der Waals surface area contributed by atoms with Crippen LogP contribution in [-0.4, -0.2) is 80.9 Å². The van der Waals surface area contributed by atoms with Gasteiger partial charge in [-0.2, -0.15) is 0 Å². The molecule has 6 rings (SSSR count). The highest BCUT2D eigenvalue weighted by Crippen LogP contribution is 2.84. The van der Waals surface area contributed by atoms with Crippen LogP contribution < -0.4 is 0 Å². The molecule has 44 heavy (non-hydrogen) atoms. The van der Waals surface area contributed by atoms with Gasteiger partial charge in [-0.15, -0.1) is 0 Å². The fourth-order valence-corrected chi connectivity index (χ4v) is 12.3. The first-order valence-electron chi connectivity index (χ1n) is 16.0. The molecule has 1 saturated heterocycles.